The van der Waals surface area contributed by atoms with Crippen LogP contribution in [0.25, 0.3) is 0 Å². The quantitative estimate of drug-likeness (QED) is 0.778. The Morgan fingerprint density at radius 1 is 1.57 bits per heavy atom. The Labute approximate surface area is 85.8 Å². The molecule has 0 saturated heterocycles. The van der Waals surface area contributed by atoms with Crippen LogP contribution < -0.4 is 0 Å². The Morgan fingerprint density at radius 2 is 2.29 bits per heavy atom. The number of nitrogens with zero attached hydrogens (tertiary/aromatic N) is 2. The van der Waals surface area contributed by atoms with E-state index in [0.29, 0.717) is 5.92 Å². The van der Waals surface area contributed by atoms with Gasteiger partial charge in [0.15, 0.2) is 0 Å². The molecule has 1 aromatic heterocycles. The summed E-state index contributed by atoms with van der Waals surface area (Å²) in [7, 11) is 1.96. The minimum absolute atomic E-state index is 0.276. The van der Waals surface area contributed by atoms with E-state index in [9.17, 15) is 5.11 Å². The molecule has 1 rings (SSSR count). The largest absolute Gasteiger partial charge is 0.396 e. The van der Waals surface area contributed by atoms with Crippen molar-refractivity contribution in [3.8, 4) is 0 Å². The summed E-state index contributed by atoms with van der Waals surface area (Å²) in [6, 6.07) is 2.10. The van der Waals surface area contributed by atoms with Crippen molar-refractivity contribution in [1.29, 1.82) is 0 Å². The van der Waals surface area contributed by atoms with Crippen molar-refractivity contribution in [2.24, 2.45) is 13.0 Å². The van der Waals surface area contributed by atoms with Crippen molar-refractivity contribution >= 4 is 0 Å². The highest BCUT2D eigenvalue weighted by Crippen LogP contribution is 2.14. The number of hydrogen-bond acceptors (Lipinski definition) is 2. The van der Waals surface area contributed by atoms with Crippen molar-refractivity contribution < 1.29 is 5.11 Å². The van der Waals surface area contributed by atoms with Gasteiger partial charge in [0.25, 0.3) is 0 Å². The minimum Gasteiger partial charge on any atom is -0.396 e. The van der Waals surface area contributed by atoms with E-state index in [2.05, 4.69) is 18.1 Å². The third-order valence-corrected chi connectivity index (χ3v) is 2.55. The molecule has 1 unspecified atom stereocenters. The number of rotatable bonds is 5. The van der Waals surface area contributed by atoms with Gasteiger partial charge in [0.1, 0.15) is 0 Å². The first-order chi connectivity index (χ1) is 6.67. The summed E-state index contributed by atoms with van der Waals surface area (Å²) in [6.07, 6.45) is 3.14. The van der Waals surface area contributed by atoms with Gasteiger partial charge in [-0.25, -0.2) is 0 Å². The SMILES string of the molecule is CCCC(CO)Cc1cc(C)nn1C. The van der Waals surface area contributed by atoms with Crippen molar-refractivity contribution in [1.82, 2.24) is 9.78 Å². The first kappa shape index (κ1) is 11.2. The molecule has 1 aromatic rings. The zero-order chi connectivity index (χ0) is 10.6. The van der Waals surface area contributed by atoms with E-state index >= 15 is 0 Å². The average molecular weight is 196 g/mol. The molecule has 0 radical (unpaired) electrons. The number of aliphatic hydroxyl groups is 1. The summed E-state index contributed by atoms with van der Waals surface area (Å²) in [5.41, 5.74) is 2.27. The maximum Gasteiger partial charge on any atom is 0.0596 e. The van der Waals surface area contributed by atoms with Crippen LogP contribution in [-0.4, -0.2) is 21.5 Å². The smallest absolute Gasteiger partial charge is 0.0596 e. The molecular formula is C11H20N2O. The Kier molecular flexibility index (Phi) is 4.14. The second-order valence-electron chi connectivity index (χ2n) is 3.94. The molecule has 0 aliphatic carbocycles. The van der Waals surface area contributed by atoms with Gasteiger partial charge in [0.05, 0.1) is 5.69 Å². The van der Waals surface area contributed by atoms with Crippen LogP contribution in [0.5, 0.6) is 0 Å². The van der Waals surface area contributed by atoms with E-state index in [0.717, 1.165) is 25.0 Å². The standard InChI is InChI=1S/C11H20N2O/c1-4-5-10(8-14)7-11-6-9(2)12-13(11)3/h6,10,14H,4-5,7-8H2,1-3H3. The normalized spacial score (nSPS) is 13.1. The van der Waals surface area contributed by atoms with Gasteiger partial charge in [-0.1, -0.05) is 13.3 Å². The fraction of sp³-hybridized carbons (Fsp3) is 0.727. The first-order valence-corrected chi connectivity index (χ1v) is 5.27. The highest BCUT2D eigenvalue weighted by Gasteiger charge is 2.10. The molecular weight excluding hydrogens is 176 g/mol. The summed E-state index contributed by atoms with van der Waals surface area (Å²) < 4.78 is 1.91. The molecule has 1 atom stereocenters. The molecule has 14 heavy (non-hydrogen) atoms. The number of aryl methyl sites for hydroxylation is 2. The van der Waals surface area contributed by atoms with Crippen LogP contribution in [0, 0.1) is 12.8 Å². The highest BCUT2D eigenvalue weighted by atomic mass is 16.3. The lowest BCUT2D eigenvalue weighted by Crippen LogP contribution is -2.12. The molecule has 0 fully saturated rings. The van der Waals surface area contributed by atoms with Crippen LogP contribution in [-0.2, 0) is 13.5 Å². The topological polar surface area (TPSA) is 38.1 Å². The highest BCUT2D eigenvalue weighted by molar-refractivity contribution is 5.09. The predicted molar refractivity (Wildman–Crippen MR) is 57.1 cm³/mol. The van der Waals surface area contributed by atoms with Gasteiger partial charge in [-0.3, -0.25) is 4.68 Å². The molecule has 0 saturated carbocycles. The summed E-state index contributed by atoms with van der Waals surface area (Å²) >= 11 is 0. The molecule has 1 heterocycles. The number of aliphatic hydroxyl groups excluding tert-OH is 1. The molecule has 0 aromatic carbocycles. The predicted octanol–water partition coefficient (Wildman–Crippen LogP) is 1.68. The van der Waals surface area contributed by atoms with Gasteiger partial charge in [-0.2, -0.15) is 5.10 Å². The van der Waals surface area contributed by atoms with Gasteiger partial charge >= 0.3 is 0 Å². The van der Waals surface area contributed by atoms with E-state index in [-0.39, 0.29) is 6.61 Å². The van der Waals surface area contributed by atoms with Gasteiger partial charge in [-0.15, -0.1) is 0 Å². The molecule has 0 aliphatic rings. The monoisotopic (exact) mass is 196 g/mol. The Hall–Kier alpha value is -0.830. The van der Waals surface area contributed by atoms with Crippen LogP contribution in [0.2, 0.25) is 0 Å². The van der Waals surface area contributed by atoms with Crippen molar-refractivity contribution in [2.45, 2.75) is 33.1 Å². The Bertz CT molecular complexity index is 281. The average Bonchev–Trinajstić information content (AvgIpc) is 2.44. The van der Waals surface area contributed by atoms with Crippen molar-refractivity contribution in [3.63, 3.8) is 0 Å². The van der Waals surface area contributed by atoms with Crippen LogP contribution in [0.1, 0.15) is 31.2 Å². The second-order valence-corrected chi connectivity index (χ2v) is 3.94. The van der Waals surface area contributed by atoms with Crippen LogP contribution in [0.3, 0.4) is 0 Å². The zero-order valence-electron chi connectivity index (χ0n) is 9.32. The molecule has 80 valence electrons. The van der Waals surface area contributed by atoms with E-state index in [4.69, 9.17) is 0 Å². The summed E-state index contributed by atoms with van der Waals surface area (Å²) in [5.74, 6) is 0.384. The molecule has 0 bridgehead atoms. The zero-order valence-corrected chi connectivity index (χ0v) is 9.32. The number of aromatic nitrogens is 2. The third kappa shape index (κ3) is 2.84. The van der Waals surface area contributed by atoms with Crippen LogP contribution in [0.15, 0.2) is 6.07 Å². The molecule has 3 nitrogen and oxygen atoms in total. The molecule has 0 spiro atoms. The summed E-state index contributed by atoms with van der Waals surface area (Å²) in [4.78, 5) is 0. The number of hydrogen-bond donors (Lipinski definition) is 1. The lowest BCUT2D eigenvalue weighted by molar-refractivity contribution is 0.215. The first-order valence-electron chi connectivity index (χ1n) is 5.27. The van der Waals surface area contributed by atoms with Gasteiger partial charge in [0.2, 0.25) is 0 Å². The van der Waals surface area contributed by atoms with Gasteiger partial charge in [0, 0.05) is 19.3 Å². The maximum atomic E-state index is 9.19. The molecule has 0 aliphatic heterocycles. The summed E-state index contributed by atoms with van der Waals surface area (Å²) in [6.45, 7) is 4.42. The maximum absolute atomic E-state index is 9.19. The third-order valence-electron chi connectivity index (χ3n) is 2.55. The van der Waals surface area contributed by atoms with Crippen LogP contribution in [0.4, 0.5) is 0 Å². The van der Waals surface area contributed by atoms with Crippen molar-refractivity contribution in [3.05, 3.63) is 17.5 Å². The van der Waals surface area contributed by atoms with Gasteiger partial charge in [-0.05, 0) is 31.7 Å². The van der Waals surface area contributed by atoms with E-state index in [1.54, 1.807) is 0 Å². The summed E-state index contributed by atoms with van der Waals surface area (Å²) in [5, 5.41) is 13.5. The molecule has 3 heteroatoms. The van der Waals surface area contributed by atoms with Gasteiger partial charge < -0.3 is 5.11 Å². The van der Waals surface area contributed by atoms with E-state index < -0.39 is 0 Å². The van der Waals surface area contributed by atoms with Crippen molar-refractivity contribution in [2.75, 3.05) is 6.61 Å². The molecule has 1 N–H and O–H groups in total. The van der Waals surface area contributed by atoms with Crippen LogP contribution >= 0.6 is 0 Å². The lowest BCUT2D eigenvalue weighted by Gasteiger charge is -2.12. The fourth-order valence-corrected chi connectivity index (χ4v) is 1.82. The minimum atomic E-state index is 0.276. The lowest BCUT2D eigenvalue weighted by atomic mass is 9.99. The Balaban J connectivity index is 2.61. The Morgan fingerprint density at radius 3 is 2.71 bits per heavy atom. The van der Waals surface area contributed by atoms with E-state index in [1.807, 2.05) is 18.7 Å². The fourth-order valence-electron chi connectivity index (χ4n) is 1.82. The second kappa shape index (κ2) is 5.15. The van der Waals surface area contributed by atoms with E-state index in [1.165, 1.54) is 5.69 Å². The molecule has 0 amide bonds.